The van der Waals surface area contributed by atoms with Crippen molar-refractivity contribution >= 4 is 11.9 Å². The second kappa shape index (κ2) is 7.75. The first-order chi connectivity index (χ1) is 10.0. The van der Waals surface area contributed by atoms with E-state index in [1.54, 1.807) is 0 Å². The van der Waals surface area contributed by atoms with E-state index in [2.05, 4.69) is 9.80 Å². The molecule has 21 heavy (non-hydrogen) atoms. The fraction of sp³-hybridized carbons (Fsp3) is 0.867. The van der Waals surface area contributed by atoms with Crippen molar-refractivity contribution in [2.24, 2.45) is 0 Å². The molecule has 2 aliphatic rings. The van der Waals surface area contributed by atoms with Gasteiger partial charge in [-0.15, -0.1) is 0 Å². The highest BCUT2D eigenvalue weighted by atomic mass is 16.5. The van der Waals surface area contributed by atoms with Crippen LogP contribution in [-0.2, 0) is 14.3 Å². The fourth-order valence-corrected chi connectivity index (χ4v) is 2.85. The minimum atomic E-state index is -0.161. The van der Waals surface area contributed by atoms with Gasteiger partial charge in [0.15, 0.2) is 0 Å². The number of likely N-dealkylation sites (tertiary alicyclic amines) is 1. The SMILES string of the molecule is CC(C)OC(=O)CN1CCN(CC(=O)N2CCCC2)CC1. The first-order valence-corrected chi connectivity index (χ1v) is 7.96. The van der Waals surface area contributed by atoms with E-state index in [0.29, 0.717) is 13.1 Å². The van der Waals surface area contributed by atoms with Gasteiger partial charge in [-0.3, -0.25) is 19.4 Å². The summed E-state index contributed by atoms with van der Waals surface area (Å²) in [4.78, 5) is 30.0. The van der Waals surface area contributed by atoms with Crippen LogP contribution < -0.4 is 0 Å². The molecule has 1 amide bonds. The zero-order valence-electron chi connectivity index (χ0n) is 13.2. The van der Waals surface area contributed by atoms with Crippen molar-refractivity contribution in [3.63, 3.8) is 0 Å². The van der Waals surface area contributed by atoms with Crippen LogP contribution in [0.3, 0.4) is 0 Å². The second-order valence-corrected chi connectivity index (χ2v) is 6.18. The third-order valence-electron chi connectivity index (χ3n) is 4.00. The van der Waals surface area contributed by atoms with E-state index in [1.165, 1.54) is 0 Å². The smallest absolute Gasteiger partial charge is 0.320 e. The molecular formula is C15H27N3O3. The van der Waals surface area contributed by atoms with Gasteiger partial charge in [0.2, 0.25) is 5.91 Å². The minimum Gasteiger partial charge on any atom is -0.462 e. The van der Waals surface area contributed by atoms with Crippen molar-refractivity contribution in [1.29, 1.82) is 0 Å². The summed E-state index contributed by atoms with van der Waals surface area (Å²) in [6.07, 6.45) is 2.21. The van der Waals surface area contributed by atoms with Crippen LogP contribution in [0.5, 0.6) is 0 Å². The molecule has 120 valence electrons. The zero-order valence-corrected chi connectivity index (χ0v) is 13.2. The topological polar surface area (TPSA) is 53.1 Å². The van der Waals surface area contributed by atoms with Crippen molar-refractivity contribution in [2.75, 3.05) is 52.4 Å². The van der Waals surface area contributed by atoms with E-state index in [9.17, 15) is 9.59 Å². The van der Waals surface area contributed by atoms with Crippen molar-refractivity contribution in [2.45, 2.75) is 32.8 Å². The quantitative estimate of drug-likeness (QED) is 0.678. The monoisotopic (exact) mass is 297 g/mol. The molecule has 2 fully saturated rings. The van der Waals surface area contributed by atoms with Gasteiger partial charge in [0.25, 0.3) is 0 Å². The molecule has 2 saturated heterocycles. The molecule has 0 radical (unpaired) electrons. The molecule has 0 unspecified atom stereocenters. The van der Waals surface area contributed by atoms with E-state index in [1.807, 2.05) is 18.7 Å². The number of nitrogens with zero attached hydrogens (tertiary/aromatic N) is 3. The number of esters is 1. The van der Waals surface area contributed by atoms with Crippen molar-refractivity contribution in [3.05, 3.63) is 0 Å². The number of ether oxygens (including phenoxy) is 1. The van der Waals surface area contributed by atoms with Gasteiger partial charge in [-0.2, -0.15) is 0 Å². The number of carbonyl (C=O) groups is 2. The minimum absolute atomic E-state index is 0.0585. The molecule has 0 aromatic heterocycles. The molecule has 0 bridgehead atoms. The third-order valence-corrected chi connectivity index (χ3v) is 4.00. The maximum atomic E-state index is 12.1. The van der Waals surface area contributed by atoms with E-state index in [4.69, 9.17) is 4.74 Å². The van der Waals surface area contributed by atoms with Crippen LogP contribution >= 0.6 is 0 Å². The molecule has 0 atom stereocenters. The molecule has 0 aliphatic carbocycles. The average molecular weight is 297 g/mol. The van der Waals surface area contributed by atoms with Crippen LogP contribution in [0.15, 0.2) is 0 Å². The number of hydrogen-bond acceptors (Lipinski definition) is 5. The molecule has 2 rings (SSSR count). The van der Waals surface area contributed by atoms with E-state index >= 15 is 0 Å². The Labute approximate surface area is 127 Å². The van der Waals surface area contributed by atoms with Crippen LogP contribution in [0.4, 0.5) is 0 Å². The molecule has 0 aromatic rings. The summed E-state index contributed by atoms with van der Waals surface area (Å²) in [5.41, 5.74) is 0. The van der Waals surface area contributed by atoms with Gasteiger partial charge >= 0.3 is 5.97 Å². The van der Waals surface area contributed by atoms with Gasteiger partial charge in [-0.05, 0) is 26.7 Å². The molecule has 2 heterocycles. The van der Waals surface area contributed by atoms with Gasteiger partial charge in [-0.25, -0.2) is 0 Å². The highest BCUT2D eigenvalue weighted by molar-refractivity contribution is 5.78. The van der Waals surface area contributed by atoms with Crippen LogP contribution in [0, 0.1) is 0 Å². The number of carbonyl (C=O) groups excluding carboxylic acids is 2. The highest BCUT2D eigenvalue weighted by Crippen LogP contribution is 2.09. The standard InChI is InChI=1S/C15H27N3O3/c1-13(2)21-15(20)12-17-9-7-16(8-10-17)11-14(19)18-5-3-4-6-18/h13H,3-12H2,1-2H3. The van der Waals surface area contributed by atoms with Crippen LogP contribution in [-0.4, -0.2) is 85.0 Å². The van der Waals surface area contributed by atoms with Crippen LogP contribution in [0.2, 0.25) is 0 Å². The zero-order chi connectivity index (χ0) is 15.2. The van der Waals surface area contributed by atoms with Gasteiger partial charge in [0.05, 0.1) is 19.2 Å². The largest absolute Gasteiger partial charge is 0.462 e. The highest BCUT2D eigenvalue weighted by Gasteiger charge is 2.24. The Hall–Kier alpha value is -1.14. The molecule has 6 heteroatoms. The molecule has 0 N–H and O–H groups in total. The lowest BCUT2D eigenvalue weighted by Gasteiger charge is -2.34. The summed E-state index contributed by atoms with van der Waals surface area (Å²) in [5, 5.41) is 0. The fourth-order valence-electron chi connectivity index (χ4n) is 2.85. The number of rotatable bonds is 5. The maximum Gasteiger partial charge on any atom is 0.320 e. The van der Waals surface area contributed by atoms with Crippen molar-refractivity contribution in [3.8, 4) is 0 Å². The summed E-state index contributed by atoms with van der Waals surface area (Å²) in [5.74, 6) is 0.0896. The van der Waals surface area contributed by atoms with Crippen LogP contribution in [0.25, 0.3) is 0 Å². The Morgan fingerprint density at radius 1 is 0.905 bits per heavy atom. The van der Waals surface area contributed by atoms with Gasteiger partial charge < -0.3 is 9.64 Å². The third kappa shape index (κ3) is 5.28. The number of piperazine rings is 1. The molecule has 2 aliphatic heterocycles. The second-order valence-electron chi connectivity index (χ2n) is 6.18. The normalized spacial score (nSPS) is 21.0. The molecule has 0 aromatic carbocycles. The van der Waals surface area contributed by atoms with E-state index < -0.39 is 0 Å². The van der Waals surface area contributed by atoms with Gasteiger partial charge in [0, 0.05) is 39.3 Å². The summed E-state index contributed by atoms with van der Waals surface area (Å²) in [6.45, 7) is 9.75. The predicted octanol–water partition coefficient (Wildman–Crippen LogP) is 0.178. The van der Waals surface area contributed by atoms with Gasteiger partial charge in [0.1, 0.15) is 0 Å². The Bertz CT molecular complexity index is 359. The predicted molar refractivity (Wildman–Crippen MR) is 79.9 cm³/mol. The van der Waals surface area contributed by atoms with Crippen molar-refractivity contribution < 1.29 is 14.3 Å². The molecule has 6 nitrogen and oxygen atoms in total. The average Bonchev–Trinajstić information content (AvgIpc) is 2.94. The van der Waals surface area contributed by atoms with E-state index in [-0.39, 0.29) is 18.0 Å². The van der Waals surface area contributed by atoms with Crippen LogP contribution in [0.1, 0.15) is 26.7 Å². The Balaban J connectivity index is 1.66. The Morgan fingerprint density at radius 3 is 1.95 bits per heavy atom. The lowest BCUT2D eigenvalue weighted by molar-refractivity contribution is -0.149. The summed E-state index contributed by atoms with van der Waals surface area (Å²) in [7, 11) is 0. The maximum absolute atomic E-state index is 12.1. The lowest BCUT2D eigenvalue weighted by Crippen LogP contribution is -2.51. The summed E-state index contributed by atoms with van der Waals surface area (Å²) in [6, 6.07) is 0. The number of hydrogen-bond donors (Lipinski definition) is 0. The lowest BCUT2D eigenvalue weighted by atomic mass is 10.3. The molecule has 0 spiro atoms. The van der Waals surface area contributed by atoms with Gasteiger partial charge in [-0.1, -0.05) is 0 Å². The number of amides is 1. The summed E-state index contributed by atoms with van der Waals surface area (Å²) < 4.78 is 5.16. The Kier molecular flexibility index (Phi) is 5.99. The molecular weight excluding hydrogens is 270 g/mol. The van der Waals surface area contributed by atoms with Crippen molar-refractivity contribution in [1.82, 2.24) is 14.7 Å². The Morgan fingerprint density at radius 2 is 1.43 bits per heavy atom. The summed E-state index contributed by atoms with van der Waals surface area (Å²) >= 11 is 0. The first kappa shape index (κ1) is 16.2. The first-order valence-electron chi connectivity index (χ1n) is 7.96. The van der Waals surface area contributed by atoms with E-state index in [0.717, 1.165) is 52.1 Å². The molecule has 0 saturated carbocycles.